The van der Waals surface area contributed by atoms with Gasteiger partial charge in [-0.3, -0.25) is 14.4 Å². The minimum atomic E-state index is -1.11. The number of rotatable bonds is 14. The highest BCUT2D eigenvalue weighted by atomic mass is 16.6. The maximum Gasteiger partial charge on any atom is 0.336 e. The average molecular weight is 699 g/mol. The van der Waals surface area contributed by atoms with E-state index in [2.05, 4.69) is 16.0 Å². The lowest BCUT2D eigenvalue weighted by molar-refractivity contribution is -0.176. The lowest BCUT2D eigenvalue weighted by Gasteiger charge is -2.32. The number of carbonyl (C=O) groups excluding carboxylic acids is 4. The third-order valence-electron chi connectivity index (χ3n) is 8.86. The molecular weight excluding hydrogens is 654 g/mol. The molecule has 0 radical (unpaired) electrons. The number of unbranched alkanes of at least 4 members (excludes halogenated alkanes) is 2. The monoisotopic (exact) mass is 698 g/mol. The van der Waals surface area contributed by atoms with Gasteiger partial charge in [-0.15, -0.1) is 0 Å². The molecule has 13 nitrogen and oxygen atoms in total. The Morgan fingerprint density at radius 2 is 1.65 bits per heavy atom. The van der Waals surface area contributed by atoms with E-state index in [9.17, 15) is 29.1 Å². The summed E-state index contributed by atoms with van der Waals surface area (Å²) in [7, 11) is 7.77. The first-order valence-electron chi connectivity index (χ1n) is 16.9. The number of hydrogen-bond donors (Lipinski definition) is 4. The van der Waals surface area contributed by atoms with E-state index < -0.39 is 23.9 Å². The zero-order valence-corrected chi connectivity index (χ0v) is 29.5. The molecule has 4 N–H and O–H groups in total. The van der Waals surface area contributed by atoms with E-state index in [-0.39, 0.29) is 42.9 Å². The van der Waals surface area contributed by atoms with Crippen LogP contribution < -0.4 is 30.8 Å². The van der Waals surface area contributed by atoms with E-state index >= 15 is 0 Å². The largest absolute Gasteiger partial charge is 0.478 e. The van der Waals surface area contributed by atoms with Crippen LogP contribution in [0.1, 0.15) is 48.5 Å². The van der Waals surface area contributed by atoms with Gasteiger partial charge < -0.3 is 35.1 Å². The molecule has 3 aliphatic rings. The number of aromatic carboxylic acids is 1. The second-order valence-electron chi connectivity index (χ2n) is 13.1. The summed E-state index contributed by atoms with van der Waals surface area (Å²) in [6.07, 6.45) is 1.74. The molecule has 13 heteroatoms. The third kappa shape index (κ3) is 8.72. The zero-order valence-electron chi connectivity index (χ0n) is 29.5. The SMILES string of the molecule is C[C@H]1OC(=O)[C@H]1NC(=O)CNC(=O)CCCCCNC(=O)Cc1ccc(-c2c3ccc(=[N+](C)C)cc-3oc3cc(N(C)C)ccc23)c(C(=O)O)c1. The minimum absolute atomic E-state index is 0.00634. The van der Waals surface area contributed by atoms with Crippen LogP contribution in [0.2, 0.25) is 0 Å². The molecule has 1 saturated heterocycles. The second-order valence-corrected chi connectivity index (χ2v) is 13.1. The molecule has 2 aromatic carbocycles. The lowest BCUT2D eigenvalue weighted by Crippen LogP contribution is -2.59. The van der Waals surface area contributed by atoms with E-state index in [4.69, 9.17) is 9.15 Å². The van der Waals surface area contributed by atoms with Crippen LogP contribution in [-0.2, 0) is 30.3 Å². The van der Waals surface area contributed by atoms with Crippen LogP contribution in [0.15, 0.2) is 59.0 Å². The fourth-order valence-electron chi connectivity index (χ4n) is 5.99. The van der Waals surface area contributed by atoms with Crippen molar-refractivity contribution in [2.75, 3.05) is 46.2 Å². The average Bonchev–Trinajstić information content (AvgIpc) is 3.09. The molecule has 2 atom stereocenters. The number of carbonyl (C=O) groups is 5. The number of fused-ring (bicyclic) bond motifs is 2. The van der Waals surface area contributed by atoms with Gasteiger partial charge in [0.1, 0.15) is 31.5 Å². The summed E-state index contributed by atoms with van der Waals surface area (Å²) in [4.78, 5) is 62.8. The molecule has 0 aromatic heterocycles. The van der Waals surface area contributed by atoms with Crippen molar-refractivity contribution in [3.05, 3.63) is 71.1 Å². The van der Waals surface area contributed by atoms with Gasteiger partial charge in [-0.25, -0.2) is 14.2 Å². The topological polar surface area (TPSA) is 170 Å². The fourth-order valence-corrected chi connectivity index (χ4v) is 5.99. The van der Waals surface area contributed by atoms with Crippen molar-refractivity contribution in [3.63, 3.8) is 0 Å². The molecule has 5 rings (SSSR count). The highest BCUT2D eigenvalue weighted by Crippen LogP contribution is 2.42. The van der Waals surface area contributed by atoms with Crippen molar-refractivity contribution in [3.8, 4) is 22.5 Å². The molecule has 0 unspecified atom stereocenters. The first-order valence-corrected chi connectivity index (χ1v) is 16.9. The summed E-state index contributed by atoms with van der Waals surface area (Å²) in [6.45, 7) is 1.85. The lowest BCUT2D eigenvalue weighted by atomic mass is 9.89. The Kier molecular flexibility index (Phi) is 11.4. The first-order chi connectivity index (χ1) is 24.3. The highest BCUT2D eigenvalue weighted by Gasteiger charge is 2.40. The zero-order chi connectivity index (χ0) is 36.8. The van der Waals surface area contributed by atoms with Gasteiger partial charge in [-0.05, 0) is 55.2 Å². The van der Waals surface area contributed by atoms with Crippen LogP contribution >= 0.6 is 0 Å². The Balaban J connectivity index is 1.20. The van der Waals surface area contributed by atoms with Crippen molar-refractivity contribution < 1.29 is 38.2 Å². The molecule has 2 aliphatic heterocycles. The van der Waals surface area contributed by atoms with Crippen molar-refractivity contribution in [1.82, 2.24) is 20.5 Å². The Morgan fingerprint density at radius 3 is 2.33 bits per heavy atom. The second kappa shape index (κ2) is 15.9. The highest BCUT2D eigenvalue weighted by molar-refractivity contribution is 6.08. The molecular formula is C38H44N5O8+. The Morgan fingerprint density at radius 1 is 0.882 bits per heavy atom. The number of anilines is 1. The van der Waals surface area contributed by atoms with Crippen molar-refractivity contribution in [2.45, 2.75) is 51.2 Å². The number of nitrogens with zero attached hydrogens (tertiary/aromatic N) is 2. The summed E-state index contributed by atoms with van der Waals surface area (Å²) in [6, 6.07) is 16.1. The summed E-state index contributed by atoms with van der Waals surface area (Å²) in [5.41, 5.74) is 4.24. The van der Waals surface area contributed by atoms with Gasteiger partial charge in [-0.2, -0.15) is 0 Å². The van der Waals surface area contributed by atoms with E-state index in [1.54, 1.807) is 25.1 Å². The molecule has 51 heavy (non-hydrogen) atoms. The molecule has 3 amide bonds. The molecule has 268 valence electrons. The van der Waals surface area contributed by atoms with Gasteiger partial charge in [-0.1, -0.05) is 18.6 Å². The van der Waals surface area contributed by atoms with E-state index in [1.165, 1.54) is 0 Å². The summed E-state index contributed by atoms with van der Waals surface area (Å²) in [5, 5.41) is 20.0. The van der Waals surface area contributed by atoms with E-state index in [0.717, 1.165) is 27.6 Å². The smallest absolute Gasteiger partial charge is 0.336 e. The number of ether oxygens (including phenoxy) is 1. The van der Waals surface area contributed by atoms with Crippen LogP contribution in [0.4, 0.5) is 5.69 Å². The van der Waals surface area contributed by atoms with Gasteiger partial charge in [0.15, 0.2) is 6.04 Å². The van der Waals surface area contributed by atoms with Crippen LogP contribution in [0.3, 0.4) is 0 Å². The number of hydrogen-bond acceptors (Lipinski definition) is 8. The molecule has 0 bridgehead atoms. The maximum absolute atomic E-state index is 12.8. The van der Waals surface area contributed by atoms with Crippen LogP contribution in [0.5, 0.6) is 0 Å². The van der Waals surface area contributed by atoms with Crippen molar-refractivity contribution >= 4 is 46.3 Å². The third-order valence-corrected chi connectivity index (χ3v) is 8.86. The van der Waals surface area contributed by atoms with Gasteiger partial charge in [0.25, 0.3) is 0 Å². The minimum Gasteiger partial charge on any atom is -0.478 e. The number of carboxylic acid groups (broad SMARTS) is 1. The summed E-state index contributed by atoms with van der Waals surface area (Å²) < 4.78 is 13.1. The van der Waals surface area contributed by atoms with Crippen LogP contribution in [0.25, 0.3) is 33.4 Å². The Hall–Kier alpha value is -5.72. The molecule has 2 heterocycles. The number of carboxylic acids is 1. The number of esters is 1. The van der Waals surface area contributed by atoms with Crippen molar-refractivity contribution in [2.24, 2.45) is 0 Å². The van der Waals surface area contributed by atoms with Crippen molar-refractivity contribution in [1.29, 1.82) is 0 Å². The number of nitrogens with one attached hydrogen (secondary N) is 3. The molecule has 2 aromatic rings. The van der Waals surface area contributed by atoms with E-state index in [0.29, 0.717) is 48.3 Å². The molecule has 1 fully saturated rings. The number of cyclic esters (lactones) is 1. The first kappa shape index (κ1) is 36.6. The maximum atomic E-state index is 12.8. The van der Waals surface area contributed by atoms with Crippen LogP contribution in [0, 0.1) is 0 Å². The number of benzene rings is 3. The van der Waals surface area contributed by atoms with Crippen LogP contribution in [-0.4, -0.2) is 88.2 Å². The van der Waals surface area contributed by atoms with Gasteiger partial charge >= 0.3 is 11.9 Å². The summed E-state index contributed by atoms with van der Waals surface area (Å²) >= 11 is 0. The van der Waals surface area contributed by atoms with Gasteiger partial charge in [0.2, 0.25) is 23.1 Å². The number of amides is 3. The Bertz CT molecular complexity index is 2030. The quantitative estimate of drug-likeness (QED) is 0.0670. The Labute approximate surface area is 295 Å². The molecule has 0 saturated carbocycles. The molecule has 0 spiro atoms. The van der Waals surface area contributed by atoms with E-state index in [1.807, 2.05) is 74.1 Å². The fraction of sp³-hybridized carbons (Fsp3) is 0.368. The molecule has 1 aliphatic carbocycles. The predicted molar refractivity (Wildman–Crippen MR) is 192 cm³/mol. The van der Waals surface area contributed by atoms with Gasteiger partial charge in [0.05, 0.1) is 24.6 Å². The standard InChI is InChI=1S/C38H43N5O8/c1-22-36(38(49)50-22)41-34(46)21-40-32(44)9-7-6-8-16-39-33(45)18-23-10-13-26(29(17-23)37(47)48)35-27-14-11-24(42(2)3)19-30(27)51-31-20-25(43(4)5)12-15-28(31)35/h10-15,17,19-20,22,36H,6-9,16,18,21H2,1-5H3,(H3-,39,40,41,44,45,46,47,48)/p+1/t22-,36+/m1/s1. The normalized spacial score (nSPS) is 15.1. The predicted octanol–water partition coefficient (Wildman–Crippen LogP) is 2.77. The van der Waals surface area contributed by atoms with Gasteiger partial charge in [0, 0.05) is 61.4 Å². The summed E-state index contributed by atoms with van der Waals surface area (Å²) in [5.74, 6) is -1.95.